The normalized spacial score (nSPS) is 11.2. The minimum Gasteiger partial charge on any atom is -0.506 e. The molecule has 0 aliphatic heterocycles. The summed E-state index contributed by atoms with van der Waals surface area (Å²) in [5.74, 6) is -0.976. The van der Waals surface area contributed by atoms with Crippen molar-refractivity contribution < 1.29 is 9.90 Å². The van der Waals surface area contributed by atoms with E-state index in [1.807, 2.05) is 32.0 Å². The first-order chi connectivity index (χ1) is 13.0. The van der Waals surface area contributed by atoms with Gasteiger partial charge in [0.15, 0.2) is 5.13 Å². The van der Waals surface area contributed by atoms with Crippen LogP contribution in [0.1, 0.15) is 22.8 Å². The average molecular weight is 379 g/mol. The summed E-state index contributed by atoms with van der Waals surface area (Å²) >= 11 is 1.33. The Hall–Kier alpha value is -3.19. The van der Waals surface area contributed by atoms with Crippen LogP contribution in [0.15, 0.2) is 47.3 Å². The molecule has 6 nitrogen and oxygen atoms in total. The van der Waals surface area contributed by atoms with E-state index in [1.54, 1.807) is 24.3 Å². The first kappa shape index (κ1) is 17.2. The molecule has 4 rings (SSSR count). The van der Waals surface area contributed by atoms with Crippen molar-refractivity contribution in [1.29, 1.82) is 0 Å². The highest BCUT2D eigenvalue weighted by molar-refractivity contribution is 7.22. The van der Waals surface area contributed by atoms with Gasteiger partial charge in [0.25, 0.3) is 11.5 Å². The Bertz CT molecular complexity index is 1260. The van der Waals surface area contributed by atoms with Crippen LogP contribution in [0, 0.1) is 6.92 Å². The Labute approximate surface area is 158 Å². The number of anilines is 1. The molecule has 0 unspecified atom stereocenters. The van der Waals surface area contributed by atoms with Gasteiger partial charge in [0.2, 0.25) is 0 Å². The topological polar surface area (TPSA) is 84.2 Å². The molecule has 0 spiro atoms. The fourth-order valence-corrected chi connectivity index (χ4v) is 4.11. The van der Waals surface area contributed by atoms with Gasteiger partial charge in [-0.3, -0.25) is 14.9 Å². The molecule has 0 atom stereocenters. The Balaban J connectivity index is 1.81. The number of aromatic nitrogens is 2. The molecule has 2 N–H and O–H groups in total. The van der Waals surface area contributed by atoms with E-state index >= 15 is 0 Å². The molecule has 136 valence electrons. The van der Waals surface area contributed by atoms with Crippen molar-refractivity contribution in [3.05, 3.63) is 63.9 Å². The largest absolute Gasteiger partial charge is 0.506 e. The number of pyridine rings is 1. The van der Waals surface area contributed by atoms with E-state index in [4.69, 9.17) is 0 Å². The molecule has 2 aromatic carbocycles. The third-order valence-electron chi connectivity index (χ3n) is 4.45. The van der Waals surface area contributed by atoms with Crippen LogP contribution < -0.4 is 10.9 Å². The number of fused-ring (bicyclic) bond motifs is 2. The predicted octanol–water partition coefficient (Wildman–Crippen LogP) is 3.90. The Morgan fingerprint density at radius 2 is 2.04 bits per heavy atom. The maximum Gasteiger partial charge on any atom is 0.267 e. The number of hydrogen-bond acceptors (Lipinski definition) is 5. The molecule has 0 aliphatic rings. The fraction of sp³-hybridized carbons (Fsp3) is 0.150. The quantitative estimate of drug-likeness (QED) is 0.565. The number of aromatic hydroxyl groups is 1. The van der Waals surface area contributed by atoms with E-state index < -0.39 is 11.5 Å². The van der Waals surface area contributed by atoms with Crippen molar-refractivity contribution >= 4 is 43.5 Å². The van der Waals surface area contributed by atoms with Crippen LogP contribution in [-0.2, 0) is 6.54 Å². The van der Waals surface area contributed by atoms with Crippen molar-refractivity contribution in [3.8, 4) is 5.75 Å². The van der Waals surface area contributed by atoms with Gasteiger partial charge in [-0.15, -0.1) is 0 Å². The van der Waals surface area contributed by atoms with E-state index in [1.165, 1.54) is 15.9 Å². The number of hydrogen-bond donors (Lipinski definition) is 2. The molecule has 1 amide bonds. The highest BCUT2D eigenvalue weighted by Gasteiger charge is 2.22. The minimum atomic E-state index is -0.666. The molecule has 0 radical (unpaired) electrons. The van der Waals surface area contributed by atoms with Crippen LogP contribution in [0.25, 0.3) is 21.1 Å². The second kappa shape index (κ2) is 6.51. The van der Waals surface area contributed by atoms with Gasteiger partial charge in [0, 0.05) is 11.9 Å². The second-order valence-corrected chi connectivity index (χ2v) is 7.27. The summed E-state index contributed by atoms with van der Waals surface area (Å²) in [5, 5.41) is 14.1. The lowest BCUT2D eigenvalue weighted by Gasteiger charge is -2.13. The summed E-state index contributed by atoms with van der Waals surface area (Å²) < 4.78 is 2.42. The summed E-state index contributed by atoms with van der Waals surface area (Å²) in [4.78, 5) is 30.0. The molecular formula is C20H17N3O3S. The van der Waals surface area contributed by atoms with Gasteiger partial charge in [0.05, 0.1) is 15.7 Å². The van der Waals surface area contributed by atoms with Gasteiger partial charge < -0.3 is 9.67 Å². The number of amides is 1. The fourth-order valence-electron chi connectivity index (χ4n) is 3.15. The number of carbonyl (C=O) groups excluding carboxylic acids is 1. The van der Waals surface area contributed by atoms with Gasteiger partial charge in [-0.2, -0.15) is 0 Å². The first-order valence-electron chi connectivity index (χ1n) is 8.52. The lowest BCUT2D eigenvalue weighted by molar-refractivity contribution is 0.102. The standard InChI is InChI=1S/C20H17N3O3S/c1-3-23-14-7-5-4-6-12(14)17(24)16(19(23)26)18(25)22-20-21-13-9-8-11(2)10-15(13)27-20/h4-10,24H,3H2,1-2H3,(H,21,22,25). The molecule has 0 saturated carbocycles. The summed E-state index contributed by atoms with van der Waals surface area (Å²) in [6.07, 6.45) is 0. The molecule has 2 aromatic heterocycles. The van der Waals surface area contributed by atoms with E-state index in [9.17, 15) is 14.7 Å². The van der Waals surface area contributed by atoms with Gasteiger partial charge in [-0.25, -0.2) is 4.98 Å². The Morgan fingerprint density at radius 3 is 2.81 bits per heavy atom. The molecule has 7 heteroatoms. The SMILES string of the molecule is CCn1c(=O)c(C(=O)Nc2nc3ccc(C)cc3s2)c(O)c2ccccc21. The lowest BCUT2D eigenvalue weighted by Crippen LogP contribution is -2.29. The third-order valence-corrected chi connectivity index (χ3v) is 5.39. The van der Waals surface area contributed by atoms with E-state index in [0.29, 0.717) is 22.6 Å². The van der Waals surface area contributed by atoms with Crippen molar-refractivity contribution in [1.82, 2.24) is 9.55 Å². The lowest BCUT2D eigenvalue weighted by atomic mass is 10.1. The van der Waals surface area contributed by atoms with Gasteiger partial charge in [-0.05, 0) is 43.7 Å². The number of para-hydroxylation sites is 1. The molecule has 0 fully saturated rings. The maximum atomic E-state index is 12.8. The number of carbonyl (C=O) groups is 1. The summed E-state index contributed by atoms with van der Waals surface area (Å²) in [6.45, 7) is 4.19. The van der Waals surface area contributed by atoms with Crippen LogP contribution in [0.3, 0.4) is 0 Å². The van der Waals surface area contributed by atoms with Crippen molar-refractivity contribution in [2.75, 3.05) is 5.32 Å². The van der Waals surface area contributed by atoms with E-state index in [2.05, 4.69) is 10.3 Å². The van der Waals surface area contributed by atoms with E-state index in [-0.39, 0.29) is 11.3 Å². The van der Waals surface area contributed by atoms with Crippen LogP contribution in [0.5, 0.6) is 5.75 Å². The van der Waals surface area contributed by atoms with E-state index in [0.717, 1.165) is 15.8 Å². The number of aryl methyl sites for hydroxylation is 2. The van der Waals surface area contributed by atoms with Crippen molar-refractivity contribution in [2.45, 2.75) is 20.4 Å². The van der Waals surface area contributed by atoms with Gasteiger partial charge in [0.1, 0.15) is 11.3 Å². The van der Waals surface area contributed by atoms with Gasteiger partial charge >= 0.3 is 0 Å². The predicted molar refractivity (Wildman–Crippen MR) is 108 cm³/mol. The highest BCUT2D eigenvalue weighted by atomic mass is 32.1. The van der Waals surface area contributed by atoms with Gasteiger partial charge in [-0.1, -0.05) is 29.5 Å². The van der Waals surface area contributed by atoms with Crippen molar-refractivity contribution in [3.63, 3.8) is 0 Å². The Morgan fingerprint density at radius 1 is 1.26 bits per heavy atom. The molecule has 4 aromatic rings. The molecule has 27 heavy (non-hydrogen) atoms. The molecule has 0 saturated heterocycles. The first-order valence-corrected chi connectivity index (χ1v) is 9.34. The van der Waals surface area contributed by atoms with Crippen LogP contribution in [-0.4, -0.2) is 20.6 Å². The number of thiazole rings is 1. The maximum absolute atomic E-state index is 12.8. The third kappa shape index (κ3) is 2.86. The number of rotatable bonds is 3. The molecule has 2 heterocycles. The zero-order chi connectivity index (χ0) is 19.1. The molecule has 0 aliphatic carbocycles. The van der Waals surface area contributed by atoms with Crippen molar-refractivity contribution in [2.24, 2.45) is 0 Å². The summed E-state index contributed by atoms with van der Waals surface area (Å²) in [6, 6.07) is 12.8. The smallest absolute Gasteiger partial charge is 0.267 e. The summed E-state index contributed by atoms with van der Waals surface area (Å²) in [7, 11) is 0. The van der Waals surface area contributed by atoms with Crippen LogP contribution in [0.2, 0.25) is 0 Å². The number of benzene rings is 2. The number of nitrogens with one attached hydrogen (secondary N) is 1. The Kier molecular flexibility index (Phi) is 4.16. The summed E-state index contributed by atoms with van der Waals surface area (Å²) in [5.41, 5.74) is 1.67. The second-order valence-electron chi connectivity index (χ2n) is 6.23. The minimum absolute atomic E-state index is 0.272. The zero-order valence-electron chi connectivity index (χ0n) is 14.8. The number of nitrogens with zero attached hydrogens (tertiary/aromatic N) is 2. The molecular weight excluding hydrogens is 362 g/mol. The zero-order valence-corrected chi connectivity index (χ0v) is 15.6. The molecule has 0 bridgehead atoms. The highest BCUT2D eigenvalue weighted by Crippen LogP contribution is 2.29. The average Bonchev–Trinajstić information content (AvgIpc) is 3.03. The van der Waals surface area contributed by atoms with Crippen LogP contribution >= 0.6 is 11.3 Å². The monoisotopic (exact) mass is 379 g/mol. The van der Waals surface area contributed by atoms with Crippen LogP contribution in [0.4, 0.5) is 5.13 Å².